The normalized spacial score (nSPS) is 11.5. The Bertz CT molecular complexity index is 410. The van der Waals surface area contributed by atoms with Crippen molar-refractivity contribution in [1.82, 2.24) is 5.32 Å². The molecule has 0 heterocycles. The number of benzene rings is 1. The SMILES string of the molecule is COc1ccc(CCCCCCNC(C)(C)C)cc1OC. The summed E-state index contributed by atoms with van der Waals surface area (Å²) >= 11 is 0. The van der Waals surface area contributed by atoms with Gasteiger partial charge in [0, 0.05) is 5.54 Å². The minimum Gasteiger partial charge on any atom is -0.493 e. The van der Waals surface area contributed by atoms with Crippen molar-refractivity contribution in [3.8, 4) is 11.5 Å². The van der Waals surface area contributed by atoms with Gasteiger partial charge in [0.25, 0.3) is 0 Å². The number of nitrogens with one attached hydrogen (secondary N) is 1. The molecule has 0 bridgehead atoms. The molecule has 0 amide bonds. The lowest BCUT2D eigenvalue weighted by atomic mass is 10.0. The number of methoxy groups -OCH3 is 2. The number of ether oxygens (including phenoxy) is 2. The molecule has 0 spiro atoms. The molecule has 120 valence electrons. The van der Waals surface area contributed by atoms with Gasteiger partial charge < -0.3 is 14.8 Å². The van der Waals surface area contributed by atoms with Gasteiger partial charge in [0.15, 0.2) is 11.5 Å². The van der Waals surface area contributed by atoms with E-state index in [1.807, 2.05) is 6.07 Å². The zero-order valence-corrected chi connectivity index (χ0v) is 14.3. The Morgan fingerprint density at radius 3 is 2.19 bits per heavy atom. The summed E-state index contributed by atoms with van der Waals surface area (Å²) in [5.74, 6) is 1.62. The van der Waals surface area contributed by atoms with Crippen LogP contribution in [0.25, 0.3) is 0 Å². The summed E-state index contributed by atoms with van der Waals surface area (Å²) in [6.07, 6.45) is 6.15. The molecule has 0 aromatic heterocycles. The van der Waals surface area contributed by atoms with Gasteiger partial charge in [-0.1, -0.05) is 18.9 Å². The van der Waals surface area contributed by atoms with Crippen LogP contribution >= 0.6 is 0 Å². The molecule has 0 aliphatic rings. The zero-order chi connectivity index (χ0) is 15.7. The molecule has 1 N–H and O–H groups in total. The van der Waals surface area contributed by atoms with Crippen molar-refractivity contribution >= 4 is 0 Å². The second-order valence-corrected chi connectivity index (χ2v) is 6.53. The molecule has 0 aliphatic carbocycles. The summed E-state index contributed by atoms with van der Waals surface area (Å²) in [6, 6.07) is 6.20. The third-order valence-electron chi connectivity index (χ3n) is 3.50. The molecule has 0 fully saturated rings. The van der Waals surface area contributed by atoms with E-state index in [9.17, 15) is 0 Å². The molecule has 3 nitrogen and oxygen atoms in total. The maximum atomic E-state index is 5.33. The Balaban J connectivity index is 2.21. The predicted octanol–water partition coefficient (Wildman–Crippen LogP) is 4.19. The molecule has 1 aromatic rings. The quantitative estimate of drug-likeness (QED) is 0.692. The van der Waals surface area contributed by atoms with Crippen LogP contribution in [0.4, 0.5) is 0 Å². The van der Waals surface area contributed by atoms with Gasteiger partial charge in [-0.15, -0.1) is 0 Å². The van der Waals surface area contributed by atoms with Crippen LogP contribution in [0.2, 0.25) is 0 Å². The molecule has 0 atom stereocenters. The Morgan fingerprint density at radius 1 is 0.905 bits per heavy atom. The first-order valence-electron chi connectivity index (χ1n) is 7.92. The Hall–Kier alpha value is -1.22. The molecule has 0 aliphatic heterocycles. The summed E-state index contributed by atoms with van der Waals surface area (Å²) in [5, 5.41) is 3.53. The summed E-state index contributed by atoms with van der Waals surface area (Å²) in [6.45, 7) is 7.75. The highest BCUT2D eigenvalue weighted by Crippen LogP contribution is 2.28. The van der Waals surface area contributed by atoms with Gasteiger partial charge in [0.1, 0.15) is 0 Å². The van der Waals surface area contributed by atoms with Crippen LogP contribution in [0.5, 0.6) is 11.5 Å². The third-order valence-corrected chi connectivity index (χ3v) is 3.50. The van der Waals surface area contributed by atoms with Crippen LogP contribution in [0.3, 0.4) is 0 Å². The van der Waals surface area contributed by atoms with Crippen LogP contribution in [-0.4, -0.2) is 26.3 Å². The number of hydrogen-bond acceptors (Lipinski definition) is 3. The topological polar surface area (TPSA) is 30.5 Å². The lowest BCUT2D eigenvalue weighted by Gasteiger charge is -2.20. The largest absolute Gasteiger partial charge is 0.493 e. The highest BCUT2D eigenvalue weighted by molar-refractivity contribution is 5.42. The molecule has 21 heavy (non-hydrogen) atoms. The van der Waals surface area contributed by atoms with Gasteiger partial charge in [-0.25, -0.2) is 0 Å². The first-order chi connectivity index (χ1) is 9.96. The standard InChI is InChI=1S/C18H31NO2/c1-18(2,3)19-13-9-7-6-8-10-15-11-12-16(20-4)17(14-15)21-5/h11-12,14,19H,6-10,13H2,1-5H3. The highest BCUT2D eigenvalue weighted by Gasteiger charge is 2.07. The monoisotopic (exact) mass is 293 g/mol. The van der Waals surface area contributed by atoms with E-state index in [-0.39, 0.29) is 5.54 Å². The average Bonchev–Trinajstić information content (AvgIpc) is 2.44. The van der Waals surface area contributed by atoms with Crippen LogP contribution in [0, 0.1) is 0 Å². The van der Waals surface area contributed by atoms with Crippen molar-refractivity contribution < 1.29 is 9.47 Å². The Morgan fingerprint density at radius 2 is 1.57 bits per heavy atom. The van der Waals surface area contributed by atoms with Crippen LogP contribution < -0.4 is 14.8 Å². The lowest BCUT2D eigenvalue weighted by Crippen LogP contribution is -2.36. The van der Waals surface area contributed by atoms with Crippen molar-refractivity contribution in [2.24, 2.45) is 0 Å². The van der Waals surface area contributed by atoms with E-state index in [0.717, 1.165) is 24.5 Å². The summed E-state index contributed by atoms with van der Waals surface area (Å²) < 4.78 is 10.6. The van der Waals surface area contributed by atoms with Crippen molar-refractivity contribution in [3.63, 3.8) is 0 Å². The number of unbranched alkanes of at least 4 members (excludes halogenated alkanes) is 3. The molecule has 0 saturated heterocycles. The van der Waals surface area contributed by atoms with E-state index in [0.29, 0.717) is 0 Å². The van der Waals surface area contributed by atoms with Crippen LogP contribution in [-0.2, 0) is 6.42 Å². The molecular formula is C18H31NO2. The van der Waals surface area contributed by atoms with E-state index >= 15 is 0 Å². The van der Waals surface area contributed by atoms with Crippen molar-refractivity contribution in [2.45, 2.75) is 58.4 Å². The fraction of sp³-hybridized carbons (Fsp3) is 0.667. The number of hydrogen-bond donors (Lipinski definition) is 1. The maximum absolute atomic E-state index is 5.33. The number of rotatable bonds is 9. The highest BCUT2D eigenvalue weighted by atomic mass is 16.5. The van der Waals surface area contributed by atoms with Gasteiger partial charge >= 0.3 is 0 Å². The van der Waals surface area contributed by atoms with E-state index in [1.54, 1.807) is 14.2 Å². The fourth-order valence-electron chi connectivity index (χ4n) is 2.31. The first-order valence-corrected chi connectivity index (χ1v) is 7.92. The van der Waals surface area contributed by atoms with Crippen LogP contribution in [0.15, 0.2) is 18.2 Å². The Kier molecular flexibility index (Phi) is 7.58. The van der Waals surface area contributed by atoms with Gasteiger partial charge in [-0.2, -0.15) is 0 Å². The second kappa shape index (κ2) is 8.93. The molecule has 0 radical (unpaired) electrons. The summed E-state index contributed by atoms with van der Waals surface area (Å²) in [4.78, 5) is 0. The van der Waals surface area contributed by atoms with Gasteiger partial charge in [-0.05, 0) is 64.3 Å². The van der Waals surface area contributed by atoms with E-state index in [2.05, 4.69) is 38.2 Å². The third kappa shape index (κ3) is 7.37. The van der Waals surface area contributed by atoms with E-state index in [4.69, 9.17) is 9.47 Å². The molecule has 3 heteroatoms. The Labute approximate surface area is 130 Å². The lowest BCUT2D eigenvalue weighted by molar-refractivity contribution is 0.354. The predicted molar refractivity (Wildman–Crippen MR) is 89.5 cm³/mol. The summed E-state index contributed by atoms with van der Waals surface area (Å²) in [7, 11) is 3.35. The van der Waals surface area contributed by atoms with Crippen molar-refractivity contribution in [1.29, 1.82) is 0 Å². The molecule has 1 aromatic carbocycles. The van der Waals surface area contributed by atoms with E-state index < -0.39 is 0 Å². The maximum Gasteiger partial charge on any atom is 0.160 e. The minimum atomic E-state index is 0.236. The zero-order valence-electron chi connectivity index (χ0n) is 14.3. The minimum absolute atomic E-state index is 0.236. The van der Waals surface area contributed by atoms with Gasteiger partial charge in [0.2, 0.25) is 0 Å². The van der Waals surface area contributed by atoms with E-state index in [1.165, 1.54) is 31.2 Å². The van der Waals surface area contributed by atoms with Crippen molar-refractivity contribution in [2.75, 3.05) is 20.8 Å². The number of aryl methyl sites for hydroxylation is 1. The molecule has 0 unspecified atom stereocenters. The van der Waals surface area contributed by atoms with Crippen molar-refractivity contribution in [3.05, 3.63) is 23.8 Å². The van der Waals surface area contributed by atoms with Gasteiger partial charge in [0.05, 0.1) is 14.2 Å². The smallest absolute Gasteiger partial charge is 0.160 e. The van der Waals surface area contributed by atoms with Crippen LogP contribution in [0.1, 0.15) is 52.0 Å². The molecular weight excluding hydrogens is 262 g/mol. The first kappa shape index (κ1) is 17.8. The molecule has 0 saturated carbocycles. The average molecular weight is 293 g/mol. The summed E-state index contributed by atoms with van der Waals surface area (Å²) in [5.41, 5.74) is 1.56. The molecule has 1 rings (SSSR count). The fourth-order valence-corrected chi connectivity index (χ4v) is 2.31. The van der Waals surface area contributed by atoms with Gasteiger partial charge in [-0.3, -0.25) is 0 Å². The second-order valence-electron chi connectivity index (χ2n) is 6.53.